The van der Waals surface area contributed by atoms with Crippen LogP contribution in [0.15, 0.2) is 101 Å². The smallest absolute Gasteiger partial charge is 0.325 e. The zero-order valence-corrected chi connectivity index (χ0v) is 28.7. The standard InChI is InChI=1S/C41H28ClN3O8/c1-19-12-31-27(14-29(19)42)37(48)28(18-53-31)34-32-33(41(44-34,40(51)52)15-21-16-43-30-9-5-4-6-22(21)30)39(50)45(38(32)49)17-20-10-11-25-26(13-20)36(47)24-8-3-2-7-23(24)35(25)46/h2-14,16,18,32-34,43-44H,15,17H2,1H3,(H,51,52). The van der Waals surface area contributed by atoms with Gasteiger partial charge in [-0.2, -0.15) is 0 Å². The molecule has 0 bridgehead atoms. The number of carbonyl (C=O) groups is 5. The molecule has 2 aliphatic heterocycles. The number of rotatable bonds is 6. The monoisotopic (exact) mass is 725 g/mol. The minimum Gasteiger partial charge on any atom is -0.480 e. The topological polar surface area (TPSA) is 167 Å². The van der Waals surface area contributed by atoms with E-state index in [9.17, 15) is 33.9 Å². The Balaban J connectivity index is 1.15. The largest absolute Gasteiger partial charge is 0.480 e. The summed E-state index contributed by atoms with van der Waals surface area (Å²) in [5, 5.41) is 15.4. The predicted molar refractivity (Wildman–Crippen MR) is 193 cm³/mol. The van der Waals surface area contributed by atoms with Crippen molar-refractivity contribution in [2.45, 2.75) is 31.5 Å². The first-order valence-corrected chi connectivity index (χ1v) is 17.3. The number of aromatic nitrogens is 1. The van der Waals surface area contributed by atoms with Crippen molar-refractivity contribution < 1.29 is 33.5 Å². The van der Waals surface area contributed by atoms with Gasteiger partial charge in [0.25, 0.3) is 0 Å². The number of nitrogens with one attached hydrogen (secondary N) is 2. The number of halogens is 1. The van der Waals surface area contributed by atoms with Crippen LogP contribution < -0.4 is 10.7 Å². The Morgan fingerprint density at radius 2 is 1.57 bits per heavy atom. The number of nitrogens with zero attached hydrogens (tertiary/aromatic N) is 1. The highest BCUT2D eigenvalue weighted by atomic mass is 35.5. The van der Waals surface area contributed by atoms with Crippen LogP contribution in [0.2, 0.25) is 5.02 Å². The van der Waals surface area contributed by atoms with E-state index in [2.05, 4.69) is 10.3 Å². The van der Waals surface area contributed by atoms with E-state index in [4.69, 9.17) is 16.0 Å². The average molecular weight is 726 g/mol. The molecule has 2 fully saturated rings. The first-order valence-electron chi connectivity index (χ1n) is 16.9. The zero-order valence-electron chi connectivity index (χ0n) is 27.9. The summed E-state index contributed by atoms with van der Waals surface area (Å²) in [6.45, 7) is 1.47. The molecule has 3 aliphatic rings. The molecule has 0 radical (unpaired) electrons. The van der Waals surface area contributed by atoms with Gasteiger partial charge in [0.1, 0.15) is 11.1 Å². The van der Waals surface area contributed by atoms with Crippen molar-refractivity contribution in [3.05, 3.63) is 151 Å². The molecule has 2 aromatic heterocycles. The summed E-state index contributed by atoms with van der Waals surface area (Å²) in [5.41, 5.74) is 1.03. The number of likely N-dealkylation sites (tertiary alicyclic amines) is 1. The molecular formula is C41H28ClN3O8. The Morgan fingerprint density at radius 1 is 0.868 bits per heavy atom. The first kappa shape index (κ1) is 32.7. The van der Waals surface area contributed by atoms with E-state index in [1.165, 1.54) is 24.5 Å². The molecule has 6 aromatic rings. The number of hydrogen-bond acceptors (Lipinski definition) is 8. The number of para-hydroxylation sites is 1. The number of aliphatic carboxylic acids is 1. The summed E-state index contributed by atoms with van der Waals surface area (Å²) in [6.07, 6.45) is 2.69. The number of amides is 2. The summed E-state index contributed by atoms with van der Waals surface area (Å²) in [4.78, 5) is 87.7. The molecule has 4 unspecified atom stereocenters. The fraction of sp³-hybridized carbons (Fsp3) is 0.171. The van der Waals surface area contributed by atoms with Crippen LogP contribution in [0, 0.1) is 18.8 Å². The van der Waals surface area contributed by atoms with Gasteiger partial charge >= 0.3 is 5.97 Å². The SMILES string of the molecule is Cc1cc2occ(C3NC(Cc4c[nH]c5ccccc45)(C(=O)O)C4C(=O)N(Cc5ccc6c(c5)C(=O)c5ccccc5C6=O)C(=O)C34)c(=O)c2cc1Cl. The maximum Gasteiger partial charge on any atom is 0.325 e. The second-order valence-electron chi connectivity index (χ2n) is 13.9. The van der Waals surface area contributed by atoms with Gasteiger partial charge in [-0.25, -0.2) is 0 Å². The molecule has 0 spiro atoms. The Bertz CT molecular complexity index is 2710. The van der Waals surface area contributed by atoms with Crippen molar-refractivity contribution in [1.29, 1.82) is 0 Å². The highest BCUT2D eigenvalue weighted by Crippen LogP contribution is 2.50. The third-order valence-electron chi connectivity index (χ3n) is 11.0. The normalized spacial score (nSPS) is 22.1. The van der Waals surface area contributed by atoms with Gasteiger partial charge in [0.15, 0.2) is 17.0 Å². The fourth-order valence-electron chi connectivity index (χ4n) is 8.41. The minimum atomic E-state index is -2.03. The highest BCUT2D eigenvalue weighted by molar-refractivity contribution is 6.32. The predicted octanol–water partition coefficient (Wildman–Crippen LogP) is 5.52. The number of fused-ring (bicyclic) bond motifs is 5. The number of aryl methyl sites for hydroxylation is 1. The van der Waals surface area contributed by atoms with Gasteiger partial charge in [-0.3, -0.25) is 39.0 Å². The van der Waals surface area contributed by atoms with Crippen LogP contribution in [0.1, 0.15) is 60.1 Å². The van der Waals surface area contributed by atoms with Gasteiger partial charge in [0.05, 0.1) is 41.6 Å². The second-order valence-corrected chi connectivity index (χ2v) is 14.3. The van der Waals surface area contributed by atoms with Gasteiger partial charge in [-0.05, 0) is 53.9 Å². The number of aromatic amines is 1. The molecule has 4 atom stereocenters. The number of benzene rings is 4. The van der Waals surface area contributed by atoms with E-state index in [1.807, 2.05) is 24.3 Å². The molecule has 53 heavy (non-hydrogen) atoms. The summed E-state index contributed by atoms with van der Waals surface area (Å²) < 4.78 is 5.87. The maximum absolute atomic E-state index is 14.6. The summed E-state index contributed by atoms with van der Waals surface area (Å²) in [7, 11) is 0. The Kier molecular flexibility index (Phi) is 7.21. The summed E-state index contributed by atoms with van der Waals surface area (Å²) >= 11 is 6.38. The third-order valence-corrected chi connectivity index (χ3v) is 11.4. The molecule has 4 aromatic carbocycles. The molecule has 2 saturated heterocycles. The lowest BCUT2D eigenvalue weighted by atomic mass is 9.76. The number of carbonyl (C=O) groups excluding carboxylic acids is 4. The van der Waals surface area contributed by atoms with Crippen molar-refractivity contribution >= 4 is 62.8 Å². The quantitative estimate of drug-likeness (QED) is 0.187. The maximum atomic E-state index is 14.6. The van der Waals surface area contributed by atoms with Crippen LogP contribution in [0.5, 0.6) is 0 Å². The molecule has 9 rings (SSSR count). The van der Waals surface area contributed by atoms with E-state index in [1.54, 1.807) is 49.5 Å². The van der Waals surface area contributed by atoms with Crippen LogP contribution in [0.25, 0.3) is 21.9 Å². The van der Waals surface area contributed by atoms with Crippen LogP contribution in [-0.4, -0.2) is 49.9 Å². The zero-order chi connectivity index (χ0) is 36.9. The molecule has 4 heterocycles. The van der Waals surface area contributed by atoms with Crippen LogP contribution in [-0.2, 0) is 27.3 Å². The van der Waals surface area contributed by atoms with Gasteiger partial charge in [0.2, 0.25) is 11.8 Å². The third kappa shape index (κ3) is 4.70. The molecule has 0 saturated carbocycles. The van der Waals surface area contributed by atoms with E-state index in [0.29, 0.717) is 27.3 Å². The summed E-state index contributed by atoms with van der Waals surface area (Å²) in [6, 6.07) is 20.3. The van der Waals surface area contributed by atoms with E-state index < -0.39 is 46.6 Å². The van der Waals surface area contributed by atoms with E-state index in [0.717, 1.165) is 15.8 Å². The van der Waals surface area contributed by atoms with Crippen LogP contribution in [0.4, 0.5) is 0 Å². The number of imide groups is 1. The average Bonchev–Trinajstić information content (AvgIpc) is 3.80. The van der Waals surface area contributed by atoms with Gasteiger partial charge in [0, 0.05) is 50.8 Å². The van der Waals surface area contributed by atoms with Crippen molar-refractivity contribution in [2.75, 3.05) is 0 Å². The lowest BCUT2D eigenvalue weighted by Crippen LogP contribution is -2.57. The van der Waals surface area contributed by atoms with Crippen molar-refractivity contribution in [2.24, 2.45) is 11.8 Å². The first-order chi connectivity index (χ1) is 25.5. The number of carboxylic acids is 1. The van der Waals surface area contributed by atoms with E-state index in [-0.39, 0.29) is 57.8 Å². The van der Waals surface area contributed by atoms with Crippen molar-refractivity contribution in [3.8, 4) is 0 Å². The minimum absolute atomic E-state index is 0.0194. The Labute approximate surface area is 305 Å². The number of hydrogen-bond donors (Lipinski definition) is 3. The second kappa shape index (κ2) is 11.7. The molecular weight excluding hydrogens is 698 g/mol. The van der Waals surface area contributed by atoms with Gasteiger partial charge in [-0.1, -0.05) is 60.1 Å². The molecule has 12 heteroatoms. The lowest BCUT2D eigenvalue weighted by molar-refractivity contribution is -0.151. The number of H-pyrrole nitrogens is 1. The van der Waals surface area contributed by atoms with E-state index >= 15 is 0 Å². The van der Waals surface area contributed by atoms with Crippen LogP contribution >= 0.6 is 11.6 Å². The lowest BCUT2D eigenvalue weighted by Gasteiger charge is -2.31. The van der Waals surface area contributed by atoms with Crippen molar-refractivity contribution in [3.63, 3.8) is 0 Å². The Hall–Kier alpha value is -6.17. The number of ketones is 2. The summed E-state index contributed by atoms with van der Waals surface area (Å²) in [5.74, 6) is -6.22. The molecule has 11 nitrogen and oxygen atoms in total. The number of carboxylic acid groups (broad SMARTS) is 1. The molecule has 3 N–H and O–H groups in total. The Morgan fingerprint density at radius 3 is 2.32 bits per heavy atom. The van der Waals surface area contributed by atoms with Gasteiger partial charge < -0.3 is 14.5 Å². The fourth-order valence-corrected chi connectivity index (χ4v) is 8.57. The molecule has 262 valence electrons. The van der Waals surface area contributed by atoms with Gasteiger partial charge in [-0.15, -0.1) is 0 Å². The molecule has 1 aliphatic carbocycles. The highest BCUT2D eigenvalue weighted by Gasteiger charge is 2.68. The molecule has 2 amide bonds. The van der Waals surface area contributed by atoms with Crippen LogP contribution in [0.3, 0.4) is 0 Å². The van der Waals surface area contributed by atoms with Crippen molar-refractivity contribution in [1.82, 2.24) is 15.2 Å².